The van der Waals surface area contributed by atoms with Gasteiger partial charge in [-0.3, -0.25) is 4.90 Å². The highest BCUT2D eigenvalue weighted by molar-refractivity contribution is 5.69. The molecular weight excluding hydrogens is 278 g/mol. The third-order valence-electron chi connectivity index (χ3n) is 4.24. The zero-order valence-electron chi connectivity index (χ0n) is 14.5. The van der Waals surface area contributed by atoms with Crippen LogP contribution in [0.4, 0.5) is 10.6 Å². The van der Waals surface area contributed by atoms with E-state index in [-0.39, 0.29) is 23.6 Å². The Morgan fingerprint density at radius 3 is 2.23 bits per heavy atom. The van der Waals surface area contributed by atoms with Gasteiger partial charge in [-0.05, 0) is 30.9 Å². The molecular formula is C17H27N3O2. The van der Waals surface area contributed by atoms with Gasteiger partial charge in [0, 0.05) is 19.3 Å². The number of rotatable bonds is 1. The molecule has 1 aliphatic heterocycles. The molecule has 0 saturated carbocycles. The summed E-state index contributed by atoms with van der Waals surface area (Å²) in [6.45, 7) is 12.2. The number of nitrogens with zero attached hydrogens (tertiary/aromatic N) is 3. The summed E-state index contributed by atoms with van der Waals surface area (Å²) >= 11 is 0. The van der Waals surface area contributed by atoms with Crippen molar-refractivity contribution in [2.24, 2.45) is 0 Å². The van der Waals surface area contributed by atoms with Gasteiger partial charge in [0.2, 0.25) is 0 Å². The van der Waals surface area contributed by atoms with E-state index in [1.165, 1.54) is 12.7 Å². The predicted octanol–water partition coefficient (Wildman–Crippen LogP) is 3.04. The number of carbonyl (C=O) groups is 1. The molecule has 1 aliphatic rings. The number of aromatic nitrogens is 1. The molecule has 1 aromatic heterocycles. The maximum absolute atomic E-state index is 11.9. The highest BCUT2D eigenvalue weighted by atomic mass is 16.5. The van der Waals surface area contributed by atoms with Crippen molar-refractivity contribution in [1.29, 1.82) is 0 Å². The minimum Gasteiger partial charge on any atom is -0.453 e. The van der Waals surface area contributed by atoms with Crippen molar-refractivity contribution in [1.82, 2.24) is 9.88 Å². The number of piperazine rings is 1. The zero-order valence-corrected chi connectivity index (χ0v) is 14.5. The van der Waals surface area contributed by atoms with E-state index >= 15 is 0 Å². The Morgan fingerprint density at radius 2 is 1.82 bits per heavy atom. The van der Waals surface area contributed by atoms with Crippen LogP contribution in [-0.4, -0.2) is 48.3 Å². The molecule has 0 bridgehead atoms. The van der Waals surface area contributed by atoms with Gasteiger partial charge in [0.05, 0.1) is 19.2 Å². The van der Waals surface area contributed by atoms with Crippen LogP contribution in [0.2, 0.25) is 0 Å². The molecule has 0 N–H and O–H groups in total. The number of hydrogen-bond donors (Lipinski definition) is 0. The number of hydrogen-bond acceptors (Lipinski definition) is 4. The molecule has 1 fully saturated rings. The van der Waals surface area contributed by atoms with Crippen LogP contribution in [-0.2, 0) is 10.2 Å². The maximum Gasteiger partial charge on any atom is 0.410 e. The Hall–Kier alpha value is -1.78. The average molecular weight is 305 g/mol. The van der Waals surface area contributed by atoms with Crippen LogP contribution in [0.1, 0.15) is 40.2 Å². The molecule has 0 unspecified atom stereocenters. The highest BCUT2D eigenvalue weighted by Gasteiger charge is 2.34. The van der Waals surface area contributed by atoms with E-state index in [2.05, 4.69) is 42.8 Å². The first kappa shape index (κ1) is 16.6. The Bertz CT molecular complexity index is 510. The van der Waals surface area contributed by atoms with Crippen molar-refractivity contribution >= 4 is 11.9 Å². The standard InChI is InChI=1S/C17H27N3O2/c1-12-10-19(11-13(2)20(12)16(21)22-6)15-8-7-14(9-18-15)17(3,4)5/h7-9,12-13H,10-11H2,1-6H3/t12-,13+. The molecule has 1 saturated heterocycles. The van der Waals surface area contributed by atoms with Crippen LogP contribution in [0, 0.1) is 0 Å². The topological polar surface area (TPSA) is 45.7 Å². The maximum atomic E-state index is 11.9. The van der Waals surface area contributed by atoms with Crippen LogP contribution in [0.5, 0.6) is 0 Å². The van der Waals surface area contributed by atoms with Crippen LogP contribution < -0.4 is 4.90 Å². The molecule has 1 amide bonds. The van der Waals surface area contributed by atoms with Gasteiger partial charge >= 0.3 is 6.09 Å². The summed E-state index contributed by atoms with van der Waals surface area (Å²) in [4.78, 5) is 20.5. The summed E-state index contributed by atoms with van der Waals surface area (Å²) < 4.78 is 4.88. The summed E-state index contributed by atoms with van der Waals surface area (Å²) in [6.07, 6.45) is 1.70. The Kier molecular flexibility index (Phi) is 4.63. The number of methoxy groups -OCH3 is 1. The number of anilines is 1. The first-order valence-electron chi connectivity index (χ1n) is 7.81. The molecule has 2 heterocycles. The van der Waals surface area contributed by atoms with Gasteiger partial charge < -0.3 is 9.64 Å². The van der Waals surface area contributed by atoms with Gasteiger partial charge in [-0.25, -0.2) is 9.78 Å². The largest absolute Gasteiger partial charge is 0.453 e. The van der Waals surface area contributed by atoms with Gasteiger partial charge in [0.15, 0.2) is 0 Å². The third-order valence-corrected chi connectivity index (χ3v) is 4.24. The van der Waals surface area contributed by atoms with E-state index in [9.17, 15) is 4.79 Å². The lowest BCUT2D eigenvalue weighted by molar-refractivity contribution is 0.0818. The van der Waals surface area contributed by atoms with E-state index in [4.69, 9.17) is 4.74 Å². The van der Waals surface area contributed by atoms with Crippen molar-refractivity contribution in [2.45, 2.75) is 52.1 Å². The first-order chi connectivity index (χ1) is 10.2. The molecule has 5 heteroatoms. The Labute approximate surface area is 133 Å². The Morgan fingerprint density at radius 1 is 1.23 bits per heavy atom. The lowest BCUT2D eigenvalue weighted by Crippen LogP contribution is -2.58. The minimum atomic E-state index is -0.254. The van der Waals surface area contributed by atoms with Gasteiger partial charge in [0.1, 0.15) is 5.82 Å². The molecule has 0 aliphatic carbocycles. The molecule has 0 radical (unpaired) electrons. The number of amides is 1. The molecule has 5 nitrogen and oxygen atoms in total. The smallest absolute Gasteiger partial charge is 0.410 e. The van der Waals surface area contributed by atoms with Crippen molar-refractivity contribution in [3.8, 4) is 0 Å². The predicted molar refractivity (Wildman–Crippen MR) is 88.3 cm³/mol. The molecule has 122 valence electrons. The lowest BCUT2D eigenvalue weighted by atomic mass is 9.88. The van der Waals surface area contributed by atoms with Crippen molar-refractivity contribution < 1.29 is 9.53 Å². The monoisotopic (exact) mass is 305 g/mol. The number of carbonyl (C=O) groups excluding carboxylic acids is 1. The molecule has 22 heavy (non-hydrogen) atoms. The SMILES string of the molecule is COC(=O)N1[C@H](C)CN(c2ccc(C(C)(C)C)cn2)C[C@@H]1C. The lowest BCUT2D eigenvalue weighted by Gasteiger charge is -2.44. The average Bonchev–Trinajstić information content (AvgIpc) is 2.45. The van der Waals surface area contributed by atoms with Crippen molar-refractivity contribution in [3.63, 3.8) is 0 Å². The first-order valence-corrected chi connectivity index (χ1v) is 7.81. The van der Waals surface area contributed by atoms with Crippen LogP contribution in [0.3, 0.4) is 0 Å². The zero-order chi connectivity index (χ0) is 16.5. The Balaban J connectivity index is 2.13. The van der Waals surface area contributed by atoms with Crippen molar-refractivity contribution in [2.75, 3.05) is 25.1 Å². The van der Waals surface area contributed by atoms with E-state index in [0.29, 0.717) is 0 Å². The van der Waals surface area contributed by atoms with E-state index < -0.39 is 0 Å². The second-order valence-corrected chi connectivity index (χ2v) is 7.14. The van der Waals surface area contributed by atoms with Gasteiger partial charge in [-0.15, -0.1) is 0 Å². The van der Waals surface area contributed by atoms with Gasteiger partial charge in [-0.2, -0.15) is 0 Å². The van der Waals surface area contributed by atoms with Crippen LogP contribution in [0.15, 0.2) is 18.3 Å². The van der Waals surface area contributed by atoms with E-state index in [1.54, 1.807) is 4.90 Å². The summed E-state index contributed by atoms with van der Waals surface area (Å²) in [6, 6.07) is 4.42. The molecule has 2 rings (SSSR count). The van der Waals surface area contributed by atoms with Crippen LogP contribution >= 0.6 is 0 Å². The molecule has 0 spiro atoms. The molecule has 1 aromatic rings. The van der Waals surface area contributed by atoms with E-state index in [0.717, 1.165) is 18.9 Å². The fourth-order valence-corrected chi connectivity index (χ4v) is 2.99. The molecule has 0 aromatic carbocycles. The minimum absolute atomic E-state index is 0.0975. The normalized spacial score (nSPS) is 22.6. The summed E-state index contributed by atoms with van der Waals surface area (Å²) in [5.41, 5.74) is 1.33. The fourth-order valence-electron chi connectivity index (χ4n) is 2.99. The number of pyridine rings is 1. The second-order valence-electron chi connectivity index (χ2n) is 7.14. The summed E-state index contributed by atoms with van der Waals surface area (Å²) in [5, 5.41) is 0. The highest BCUT2D eigenvalue weighted by Crippen LogP contribution is 2.25. The van der Waals surface area contributed by atoms with Gasteiger partial charge in [0.25, 0.3) is 0 Å². The van der Waals surface area contributed by atoms with Crippen molar-refractivity contribution in [3.05, 3.63) is 23.9 Å². The van der Waals surface area contributed by atoms with Gasteiger partial charge in [-0.1, -0.05) is 26.8 Å². The quantitative estimate of drug-likeness (QED) is 0.800. The van der Waals surface area contributed by atoms with E-state index in [1.807, 2.05) is 20.0 Å². The summed E-state index contributed by atoms with van der Waals surface area (Å²) in [7, 11) is 1.43. The molecule has 2 atom stereocenters. The summed E-state index contributed by atoms with van der Waals surface area (Å²) in [5.74, 6) is 0.969. The number of ether oxygens (including phenoxy) is 1. The fraction of sp³-hybridized carbons (Fsp3) is 0.647. The second kappa shape index (κ2) is 6.15. The third kappa shape index (κ3) is 3.34. The van der Waals surface area contributed by atoms with Crippen LogP contribution in [0.25, 0.3) is 0 Å².